The van der Waals surface area contributed by atoms with Gasteiger partial charge >= 0.3 is 18.1 Å². The van der Waals surface area contributed by atoms with Crippen molar-refractivity contribution in [3.8, 4) is 0 Å². The molecule has 1 aromatic rings. The summed E-state index contributed by atoms with van der Waals surface area (Å²) < 4.78 is 61.6. The van der Waals surface area contributed by atoms with Crippen LogP contribution in [-0.2, 0) is 6.54 Å². The molecule has 1 aromatic heterocycles. The van der Waals surface area contributed by atoms with Gasteiger partial charge in [0.1, 0.15) is 5.56 Å². The van der Waals surface area contributed by atoms with Crippen LogP contribution in [-0.4, -0.2) is 27.7 Å². The fourth-order valence-electron chi connectivity index (χ4n) is 1.17. The van der Waals surface area contributed by atoms with E-state index in [0.29, 0.717) is 6.20 Å². The number of halogens is 6. The van der Waals surface area contributed by atoms with E-state index in [9.17, 15) is 31.5 Å². The van der Waals surface area contributed by atoms with Gasteiger partial charge in [0.15, 0.2) is 0 Å². The van der Waals surface area contributed by atoms with Crippen LogP contribution >= 0.6 is 15.9 Å². The van der Waals surface area contributed by atoms with Gasteiger partial charge in [-0.05, 0) is 22.0 Å². The number of alkyl halides is 5. The molecule has 0 radical (unpaired) electrons. The summed E-state index contributed by atoms with van der Waals surface area (Å²) in [5, 5.41) is 8.63. The molecule has 0 unspecified atom stereocenters. The Hall–Kier alpha value is -1.45. The highest BCUT2D eigenvalue weighted by atomic mass is 79.9. The molecule has 106 valence electrons. The maximum absolute atomic E-state index is 12.8. The van der Waals surface area contributed by atoms with E-state index < -0.39 is 35.7 Å². The molecule has 0 bridgehead atoms. The number of nitrogens with zero attached hydrogens (tertiary/aromatic N) is 1. The van der Waals surface area contributed by atoms with Crippen molar-refractivity contribution in [2.24, 2.45) is 0 Å². The molecule has 1 heterocycles. The van der Waals surface area contributed by atoms with Gasteiger partial charge in [0, 0.05) is 10.7 Å². The largest absolute Gasteiger partial charge is 0.477 e. The number of carbonyl (C=O) groups is 1. The highest BCUT2D eigenvalue weighted by Gasteiger charge is 2.57. The number of hydrogen-bond donors (Lipinski definition) is 1. The number of aromatic nitrogens is 1. The highest BCUT2D eigenvalue weighted by molar-refractivity contribution is 9.10. The average Bonchev–Trinajstić information content (AvgIpc) is 2.20. The minimum absolute atomic E-state index is 0.00102. The number of pyridine rings is 1. The van der Waals surface area contributed by atoms with Gasteiger partial charge in [-0.3, -0.25) is 4.79 Å². The van der Waals surface area contributed by atoms with Crippen LogP contribution in [0.15, 0.2) is 21.5 Å². The van der Waals surface area contributed by atoms with Crippen LogP contribution < -0.4 is 5.56 Å². The van der Waals surface area contributed by atoms with Crippen molar-refractivity contribution < 1.29 is 31.9 Å². The first kappa shape index (κ1) is 15.6. The molecule has 0 saturated carbocycles. The van der Waals surface area contributed by atoms with Crippen LogP contribution in [0.25, 0.3) is 0 Å². The first-order valence-corrected chi connectivity index (χ1v) is 5.33. The minimum Gasteiger partial charge on any atom is -0.477 e. The monoisotopic (exact) mass is 349 g/mol. The summed E-state index contributed by atoms with van der Waals surface area (Å²) in [4.78, 5) is 22.1. The molecule has 1 N–H and O–H groups in total. The Morgan fingerprint density at radius 3 is 2.26 bits per heavy atom. The van der Waals surface area contributed by atoms with Crippen molar-refractivity contribution in [1.82, 2.24) is 4.57 Å². The van der Waals surface area contributed by atoms with Crippen LogP contribution in [0.4, 0.5) is 22.0 Å². The molecule has 0 aliphatic heterocycles. The number of carboxylic acids is 1. The van der Waals surface area contributed by atoms with Gasteiger partial charge in [0.05, 0.1) is 6.54 Å². The SMILES string of the molecule is O=C(O)c1cc(Br)cn(CC(F)(F)C(F)(F)F)c1=O. The molecule has 0 spiro atoms. The quantitative estimate of drug-likeness (QED) is 0.853. The summed E-state index contributed by atoms with van der Waals surface area (Å²) in [5.41, 5.74) is -2.35. The van der Waals surface area contributed by atoms with E-state index >= 15 is 0 Å². The molecular formula is C9H5BrF5NO3. The first-order chi connectivity index (χ1) is 8.45. The molecule has 0 aromatic carbocycles. The molecule has 0 aliphatic rings. The standard InChI is InChI=1S/C9H5BrF5NO3/c10-4-1-5(7(18)19)6(17)16(2-4)3-8(11,12)9(13,14)15/h1-2H,3H2,(H,18,19). The summed E-state index contributed by atoms with van der Waals surface area (Å²) in [5.74, 6) is -6.87. The number of carboxylic acid groups (broad SMARTS) is 1. The lowest BCUT2D eigenvalue weighted by atomic mass is 10.2. The molecular weight excluding hydrogens is 345 g/mol. The summed E-state index contributed by atoms with van der Waals surface area (Å²) in [6.07, 6.45) is -5.17. The first-order valence-electron chi connectivity index (χ1n) is 4.53. The molecule has 1 rings (SSSR count). The molecule has 4 nitrogen and oxygen atoms in total. The third kappa shape index (κ3) is 3.31. The van der Waals surface area contributed by atoms with Crippen molar-refractivity contribution in [3.05, 3.63) is 32.7 Å². The molecule has 0 saturated heterocycles. The summed E-state index contributed by atoms with van der Waals surface area (Å²) in [6, 6.07) is 0.812. The Balaban J connectivity index is 3.31. The lowest BCUT2D eigenvalue weighted by Gasteiger charge is -2.20. The fraction of sp³-hybridized carbons (Fsp3) is 0.333. The second kappa shape index (κ2) is 4.91. The highest BCUT2D eigenvalue weighted by Crippen LogP contribution is 2.36. The van der Waals surface area contributed by atoms with Crippen LogP contribution in [0, 0.1) is 0 Å². The average molecular weight is 350 g/mol. The van der Waals surface area contributed by atoms with Crippen molar-refractivity contribution >= 4 is 21.9 Å². The molecule has 19 heavy (non-hydrogen) atoms. The normalized spacial score (nSPS) is 12.5. The second-order valence-electron chi connectivity index (χ2n) is 3.51. The van der Waals surface area contributed by atoms with Crippen LogP contribution in [0.1, 0.15) is 10.4 Å². The maximum atomic E-state index is 12.8. The summed E-state index contributed by atoms with van der Waals surface area (Å²) in [7, 11) is 0. The molecule has 0 fully saturated rings. The van der Waals surface area contributed by atoms with E-state index in [1.807, 2.05) is 0 Å². The van der Waals surface area contributed by atoms with Gasteiger partial charge in [-0.25, -0.2) is 4.79 Å². The fourth-order valence-corrected chi connectivity index (χ4v) is 1.65. The predicted molar refractivity (Wildman–Crippen MR) is 56.4 cm³/mol. The zero-order valence-corrected chi connectivity index (χ0v) is 10.4. The predicted octanol–water partition coefficient (Wildman–Crippen LogP) is 2.51. The Bertz CT molecular complexity index is 566. The zero-order chi connectivity index (χ0) is 15.0. The minimum atomic E-state index is -5.84. The van der Waals surface area contributed by atoms with Crippen molar-refractivity contribution in [2.45, 2.75) is 18.6 Å². The van der Waals surface area contributed by atoms with E-state index in [4.69, 9.17) is 5.11 Å². The topological polar surface area (TPSA) is 59.3 Å². The van der Waals surface area contributed by atoms with E-state index in [1.54, 1.807) is 0 Å². The summed E-state index contributed by atoms with van der Waals surface area (Å²) >= 11 is 2.72. The van der Waals surface area contributed by atoms with Gasteiger partial charge in [-0.2, -0.15) is 22.0 Å². The van der Waals surface area contributed by atoms with Crippen LogP contribution in [0.2, 0.25) is 0 Å². The van der Waals surface area contributed by atoms with Crippen molar-refractivity contribution in [1.29, 1.82) is 0 Å². The van der Waals surface area contributed by atoms with E-state index in [1.165, 1.54) is 0 Å². The molecule has 10 heteroatoms. The lowest BCUT2D eigenvalue weighted by molar-refractivity contribution is -0.287. The van der Waals surface area contributed by atoms with E-state index in [2.05, 4.69) is 15.9 Å². The van der Waals surface area contributed by atoms with Crippen molar-refractivity contribution in [2.75, 3.05) is 0 Å². The number of rotatable bonds is 3. The smallest absolute Gasteiger partial charge is 0.455 e. The van der Waals surface area contributed by atoms with E-state index in [-0.39, 0.29) is 9.04 Å². The molecule has 0 amide bonds. The van der Waals surface area contributed by atoms with Crippen LogP contribution in [0.3, 0.4) is 0 Å². The second-order valence-corrected chi connectivity index (χ2v) is 4.43. The van der Waals surface area contributed by atoms with Crippen molar-refractivity contribution in [3.63, 3.8) is 0 Å². The Labute approximate surface area is 110 Å². The Morgan fingerprint density at radius 1 is 1.32 bits per heavy atom. The zero-order valence-electron chi connectivity index (χ0n) is 8.84. The van der Waals surface area contributed by atoms with Gasteiger partial charge < -0.3 is 9.67 Å². The van der Waals surface area contributed by atoms with Gasteiger partial charge in [-0.1, -0.05) is 0 Å². The summed E-state index contributed by atoms with van der Waals surface area (Å²) in [6.45, 7) is -1.99. The maximum Gasteiger partial charge on any atom is 0.455 e. The molecule has 0 aliphatic carbocycles. The van der Waals surface area contributed by atoms with Crippen LogP contribution in [0.5, 0.6) is 0 Å². The van der Waals surface area contributed by atoms with Gasteiger partial charge in [0.25, 0.3) is 5.56 Å². The third-order valence-electron chi connectivity index (χ3n) is 2.07. The number of hydrogen-bond acceptors (Lipinski definition) is 2. The number of aromatic carboxylic acids is 1. The Morgan fingerprint density at radius 2 is 1.84 bits per heavy atom. The van der Waals surface area contributed by atoms with Gasteiger partial charge in [0.2, 0.25) is 0 Å². The lowest BCUT2D eigenvalue weighted by Crippen LogP contribution is -2.43. The van der Waals surface area contributed by atoms with Gasteiger partial charge in [-0.15, -0.1) is 0 Å². The molecule has 0 atom stereocenters. The Kier molecular flexibility index (Phi) is 4.03. The third-order valence-corrected chi connectivity index (χ3v) is 2.50. The van der Waals surface area contributed by atoms with E-state index in [0.717, 1.165) is 6.07 Å².